The summed E-state index contributed by atoms with van der Waals surface area (Å²) in [7, 11) is -3.95. The van der Waals surface area contributed by atoms with E-state index in [2.05, 4.69) is 0 Å². The van der Waals surface area contributed by atoms with E-state index < -0.39 is 15.9 Å². The number of nitrogens with two attached hydrogens (primary N) is 2. The summed E-state index contributed by atoms with van der Waals surface area (Å²) in [6.07, 6.45) is 0. The molecule has 0 saturated heterocycles. The molecule has 0 radical (unpaired) electrons. The lowest BCUT2D eigenvalue weighted by Crippen LogP contribution is -2.18. The van der Waals surface area contributed by atoms with Crippen LogP contribution in [-0.4, -0.2) is 14.3 Å². The molecule has 2 aromatic carbocycles. The van der Waals surface area contributed by atoms with Crippen molar-refractivity contribution in [1.29, 1.82) is 0 Å². The third kappa shape index (κ3) is 2.64. The SMILES string of the molecule is NC(=O)c1cccc(S(N)(=O)=O)c1-c1ccccc1. The zero-order chi connectivity index (χ0) is 14.0. The summed E-state index contributed by atoms with van der Waals surface area (Å²) in [4.78, 5) is 11.3. The molecular formula is C13H12N2O3S. The van der Waals surface area contributed by atoms with Gasteiger partial charge in [-0.3, -0.25) is 4.79 Å². The van der Waals surface area contributed by atoms with Crippen LogP contribution in [0.1, 0.15) is 10.4 Å². The quantitative estimate of drug-likeness (QED) is 0.877. The van der Waals surface area contributed by atoms with Gasteiger partial charge in [0.1, 0.15) is 0 Å². The molecular weight excluding hydrogens is 264 g/mol. The van der Waals surface area contributed by atoms with Gasteiger partial charge in [-0.15, -0.1) is 0 Å². The number of hydrogen-bond donors (Lipinski definition) is 2. The van der Waals surface area contributed by atoms with E-state index >= 15 is 0 Å². The van der Waals surface area contributed by atoms with Crippen molar-refractivity contribution >= 4 is 15.9 Å². The Hall–Kier alpha value is -2.18. The first-order valence-corrected chi connectivity index (χ1v) is 6.97. The lowest BCUT2D eigenvalue weighted by atomic mass is 9.99. The van der Waals surface area contributed by atoms with Crippen molar-refractivity contribution in [2.24, 2.45) is 10.9 Å². The summed E-state index contributed by atoms with van der Waals surface area (Å²) in [6.45, 7) is 0. The highest BCUT2D eigenvalue weighted by Gasteiger charge is 2.20. The molecule has 98 valence electrons. The second kappa shape index (κ2) is 4.83. The summed E-state index contributed by atoms with van der Waals surface area (Å²) in [5, 5.41) is 5.18. The number of sulfonamides is 1. The van der Waals surface area contributed by atoms with Gasteiger partial charge in [0.15, 0.2) is 0 Å². The van der Waals surface area contributed by atoms with Gasteiger partial charge in [0, 0.05) is 11.1 Å². The number of primary sulfonamides is 1. The van der Waals surface area contributed by atoms with E-state index in [9.17, 15) is 13.2 Å². The van der Waals surface area contributed by atoms with Crippen LogP contribution in [0.2, 0.25) is 0 Å². The van der Waals surface area contributed by atoms with E-state index in [-0.39, 0.29) is 16.0 Å². The molecule has 0 saturated carbocycles. The van der Waals surface area contributed by atoms with Gasteiger partial charge in [-0.25, -0.2) is 13.6 Å². The second-order valence-corrected chi connectivity index (χ2v) is 5.48. The molecule has 0 bridgehead atoms. The number of rotatable bonds is 3. The molecule has 1 amide bonds. The Balaban J connectivity index is 2.86. The van der Waals surface area contributed by atoms with Crippen LogP contribution in [0.15, 0.2) is 53.4 Å². The number of hydrogen-bond acceptors (Lipinski definition) is 3. The molecule has 0 fully saturated rings. The van der Waals surface area contributed by atoms with Crippen LogP contribution < -0.4 is 10.9 Å². The zero-order valence-corrected chi connectivity index (χ0v) is 10.7. The maximum absolute atomic E-state index is 11.6. The number of carbonyl (C=O) groups is 1. The molecule has 19 heavy (non-hydrogen) atoms. The molecule has 0 aromatic heterocycles. The normalized spacial score (nSPS) is 11.2. The maximum atomic E-state index is 11.6. The highest BCUT2D eigenvalue weighted by atomic mass is 32.2. The second-order valence-electron chi connectivity index (χ2n) is 3.95. The Morgan fingerprint density at radius 2 is 1.58 bits per heavy atom. The van der Waals surface area contributed by atoms with Gasteiger partial charge in [-0.1, -0.05) is 36.4 Å². The first kappa shape index (κ1) is 13.3. The van der Waals surface area contributed by atoms with Crippen molar-refractivity contribution < 1.29 is 13.2 Å². The molecule has 5 nitrogen and oxygen atoms in total. The third-order valence-corrected chi connectivity index (χ3v) is 3.61. The summed E-state index contributed by atoms with van der Waals surface area (Å²) in [5.74, 6) is -0.704. The molecule has 0 aliphatic rings. The van der Waals surface area contributed by atoms with Gasteiger partial charge in [0.25, 0.3) is 0 Å². The number of carbonyl (C=O) groups excluding carboxylic acids is 1. The van der Waals surface area contributed by atoms with Gasteiger partial charge in [0.05, 0.1) is 4.90 Å². The Labute approximate surface area is 110 Å². The Bertz CT molecular complexity index is 725. The Morgan fingerprint density at radius 3 is 2.11 bits per heavy atom. The van der Waals surface area contributed by atoms with Gasteiger partial charge in [-0.2, -0.15) is 0 Å². The Morgan fingerprint density at radius 1 is 0.947 bits per heavy atom. The van der Waals surface area contributed by atoms with Crippen LogP contribution in [0.5, 0.6) is 0 Å². The Kier molecular flexibility index (Phi) is 3.37. The highest BCUT2D eigenvalue weighted by molar-refractivity contribution is 7.89. The average Bonchev–Trinajstić information content (AvgIpc) is 2.37. The van der Waals surface area contributed by atoms with Crippen molar-refractivity contribution in [2.45, 2.75) is 4.90 Å². The minimum absolute atomic E-state index is 0.116. The predicted molar refractivity (Wildman–Crippen MR) is 71.8 cm³/mol. The van der Waals surface area contributed by atoms with E-state index in [0.29, 0.717) is 5.56 Å². The van der Waals surface area contributed by atoms with Crippen molar-refractivity contribution in [3.8, 4) is 11.1 Å². The minimum Gasteiger partial charge on any atom is -0.366 e. The van der Waals surface area contributed by atoms with Crippen molar-refractivity contribution in [3.63, 3.8) is 0 Å². The molecule has 2 aromatic rings. The van der Waals surface area contributed by atoms with E-state index in [1.54, 1.807) is 30.3 Å². The topological polar surface area (TPSA) is 103 Å². The monoisotopic (exact) mass is 276 g/mol. The van der Waals surface area contributed by atoms with Crippen molar-refractivity contribution in [2.75, 3.05) is 0 Å². The van der Waals surface area contributed by atoms with E-state index in [4.69, 9.17) is 10.9 Å². The van der Waals surface area contributed by atoms with Crippen molar-refractivity contribution in [1.82, 2.24) is 0 Å². The van der Waals surface area contributed by atoms with Crippen LogP contribution in [0.4, 0.5) is 0 Å². The number of primary amides is 1. The van der Waals surface area contributed by atoms with Gasteiger partial charge >= 0.3 is 0 Å². The fourth-order valence-electron chi connectivity index (χ4n) is 1.88. The first-order chi connectivity index (χ1) is 8.91. The first-order valence-electron chi connectivity index (χ1n) is 5.42. The summed E-state index contributed by atoms with van der Waals surface area (Å²) in [5.41, 5.74) is 6.22. The van der Waals surface area contributed by atoms with Crippen LogP contribution in [0.25, 0.3) is 11.1 Å². The summed E-state index contributed by atoms with van der Waals surface area (Å²) in [6, 6.07) is 12.9. The number of benzene rings is 2. The fourth-order valence-corrected chi connectivity index (χ4v) is 2.66. The molecule has 0 heterocycles. The van der Waals surface area contributed by atoms with Gasteiger partial charge in [0.2, 0.25) is 15.9 Å². The zero-order valence-electron chi connectivity index (χ0n) is 9.91. The predicted octanol–water partition coefficient (Wildman–Crippen LogP) is 1.10. The van der Waals surface area contributed by atoms with Gasteiger partial charge < -0.3 is 5.73 Å². The van der Waals surface area contributed by atoms with Gasteiger partial charge in [-0.05, 0) is 17.7 Å². The van der Waals surface area contributed by atoms with E-state index in [1.165, 1.54) is 18.2 Å². The minimum atomic E-state index is -3.95. The molecule has 0 unspecified atom stereocenters. The van der Waals surface area contributed by atoms with Crippen molar-refractivity contribution in [3.05, 3.63) is 54.1 Å². The van der Waals surface area contributed by atoms with Crippen LogP contribution in [0, 0.1) is 0 Å². The summed E-state index contributed by atoms with van der Waals surface area (Å²) < 4.78 is 23.3. The number of amides is 1. The van der Waals surface area contributed by atoms with Crippen LogP contribution in [-0.2, 0) is 10.0 Å². The van der Waals surface area contributed by atoms with Crippen LogP contribution >= 0.6 is 0 Å². The highest BCUT2D eigenvalue weighted by Crippen LogP contribution is 2.30. The average molecular weight is 276 g/mol. The molecule has 4 N–H and O–H groups in total. The molecule has 0 aliphatic heterocycles. The third-order valence-electron chi connectivity index (χ3n) is 2.66. The maximum Gasteiger partial charge on any atom is 0.249 e. The van der Waals surface area contributed by atoms with E-state index in [1.807, 2.05) is 0 Å². The lowest BCUT2D eigenvalue weighted by Gasteiger charge is -2.11. The molecule has 0 aliphatic carbocycles. The fraction of sp³-hybridized carbons (Fsp3) is 0. The lowest BCUT2D eigenvalue weighted by molar-refractivity contribution is 0.100. The molecule has 2 rings (SSSR count). The smallest absolute Gasteiger partial charge is 0.249 e. The van der Waals surface area contributed by atoms with E-state index in [0.717, 1.165) is 0 Å². The van der Waals surface area contributed by atoms with Crippen LogP contribution in [0.3, 0.4) is 0 Å². The molecule has 6 heteroatoms. The largest absolute Gasteiger partial charge is 0.366 e. The molecule has 0 atom stereocenters. The standard InChI is InChI=1S/C13H12N2O3S/c14-13(16)10-7-4-8-11(19(15,17)18)12(10)9-5-2-1-3-6-9/h1-8H,(H2,14,16)(H2,15,17,18). The summed E-state index contributed by atoms with van der Waals surface area (Å²) >= 11 is 0. The molecule has 0 spiro atoms.